The number of thiocarbonyl (C=S) groups is 1. The number of carbonyl (C=O) groups is 1. The Kier molecular flexibility index (Phi) is 5.16. The smallest absolute Gasteiger partial charge is 0.307 e. The molecule has 1 rings (SSSR count). The van der Waals surface area contributed by atoms with Crippen LogP contribution in [0.2, 0.25) is 0 Å². The second-order valence-electron chi connectivity index (χ2n) is 3.33. The van der Waals surface area contributed by atoms with Crippen molar-refractivity contribution in [2.45, 2.75) is 6.42 Å². The molecule has 0 aliphatic rings. The summed E-state index contributed by atoms with van der Waals surface area (Å²) < 4.78 is 0. The predicted octanol–water partition coefficient (Wildman–Crippen LogP) is 2.09. The first-order chi connectivity index (χ1) is 8.11. The molecule has 0 saturated carbocycles. The lowest BCUT2D eigenvalue weighted by Crippen LogP contribution is -2.23. The molecule has 1 aromatic carbocycles. The van der Waals surface area contributed by atoms with Crippen molar-refractivity contribution in [2.75, 3.05) is 12.4 Å². The molecule has 0 heterocycles. The summed E-state index contributed by atoms with van der Waals surface area (Å²) in [6.07, 6.45) is 3.42. The highest BCUT2D eigenvalue weighted by atomic mass is 32.1. The molecule has 0 aliphatic heterocycles. The third kappa shape index (κ3) is 5.12. The summed E-state index contributed by atoms with van der Waals surface area (Å²) in [4.78, 5) is 10.3. The van der Waals surface area contributed by atoms with Gasteiger partial charge in [-0.25, -0.2) is 0 Å². The van der Waals surface area contributed by atoms with Crippen LogP contribution in [0.1, 0.15) is 12.0 Å². The van der Waals surface area contributed by atoms with E-state index < -0.39 is 5.97 Å². The van der Waals surface area contributed by atoms with Gasteiger partial charge in [0.05, 0.1) is 6.42 Å². The number of carboxylic acid groups (broad SMARTS) is 1. The minimum absolute atomic E-state index is 0.0316. The molecule has 0 aromatic heterocycles. The van der Waals surface area contributed by atoms with E-state index in [-0.39, 0.29) is 6.42 Å². The van der Waals surface area contributed by atoms with Crippen molar-refractivity contribution < 1.29 is 9.90 Å². The number of nitrogens with one attached hydrogen (secondary N) is 2. The lowest BCUT2D eigenvalue weighted by atomic mass is 10.2. The SMILES string of the molecule is CNC(=S)Nc1ccc(/C=C/CC(=O)O)cc1. The molecular formula is C12H14N2O2S. The molecule has 0 bridgehead atoms. The first-order valence-electron chi connectivity index (χ1n) is 5.09. The van der Waals surface area contributed by atoms with E-state index in [1.165, 1.54) is 0 Å². The number of aliphatic carboxylic acids is 1. The van der Waals surface area contributed by atoms with Crippen LogP contribution in [0.25, 0.3) is 6.08 Å². The second kappa shape index (κ2) is 6.65. The first-order valence-corrected chi connectivity index (χ1v) is 5.50. The topological polar surface area (TPSA) is 61.4 Å². The Morgan fingerprint density at radius 2 is 2.06 bits per heavy atom. The van der Waals surface area contributed by atoms with E-state index in [0.717, 1.165) is 11.3 Å². The molecule has 0 unspecified atom stereocenters. The summed E-state index contributed by atoms with van der Waals surface area (Å²) in [5, 5.41) is 14.8. The Balaban J connectivity index is 2.58. The Morgan fingerprint density at radius 3 is 2.59 bits per heavy atom. The average Bonchev–Trinajstić information content (AvgIpc) is 2.31. The van der Waals surface area contributed by atoms with Gasteiger partial charge in [0.2, 0.25) is 0 Å². The van der Waals surface area contributed by atoms with Gasteiger partial charge in [-0.05, 0) is 29.9 Å². The maximum absolute atomic E-state index is 10.3. The first kappa shape index (κ1) is 13.2. The molecule has 90 valence electrons. The summed E-state index contributed by atoms with van der Waals surface area (Å²) in [5.41, 5.74) is 1.84. The van der Waals surface area contributed by atoms with Crippen molar-refractivity contribution in [1.82, 2.24) is 5.32 Å². The highest BCUT2D eigenvalue weighted by Gasteiger charge is 1.95. The largest absolute Gasteiger partial charge is 0.481 e. The van der Waals surface area contributed by atoms with Gasteiger partial charge < -0.3 is 15.7 Å². The van der Waals surface area contributed by atoms with E-state index in [9.17, 15) is 4.79 Å². The molecular weight excluding hydrogens is 236 g/mol. The fraction of sp³-hybridized carbons (Fsp3) is 0.167. The van der Waals surface area contributed by atoms with E-state index in [0.29, 0.717) is 5.11 Å². The molecule has 0 saturated heterocycles. The minimum Gasteiger partial charge on any atom is -0.481 e. The second-order valence-corrected chi connectivity index (χ2v) is 3.73. The third-order valence-electron chi connectivity index (χ3n) is 2.00. The van der Waals surface area contributed by atoms with Crippen LogP contribution in [0.4, 0.5) is 5.69 Å². The van der Waals surface area contributed by atoms with E-state index >= 15 is 0 Å². The molecule has 3 N–H and O–H groups in total. The predicted molar refractivity (Wildman–Crippen MR) is 73.0 cm³/mol. The quantitative estimate of drug-likeness (QED) is 0.714. The molecule has 17 heavy (non-hydrogen) atoms. The monoisotopic (exact) mass is 250 g/mol. The van der Waals surface area contributed by atoms with E-state index in [1.54, 1.807) is 19.2 Å². The average molecular weight is 250 g/mol. The standard InChI is InChI=1S/C12H14N2O2S/c1-13-12(17)14-10-7-5-9(6-8-10)3-2-4-11(15)16/h2-3,5-8H,4H2,1H3,(H,15,16)(H2,13,14,17)/b3-2+. The van der Waals surface area contributed by atoms with Gasteiger partial charge in [-0.15, -0.1) is 0 Å². The molecule has 0 spiro atoms. The Hall–Kier alpha value is -1.88. The van der Waals surface area contributed by atoms with Gasteiger partial charge >= 0.3 is 5.97 Å². The van der Waals surface area contributed by atoms with Crippen LogP contribution in [-0.2, 0) is 4.79 Å². The van der Waals surface area contributed by atoms with Gasteiger partial charge in [-0.2, -0.15) is 0 Å². The Bertz CT molecular complexity index is 427. The molecule has 5 heteroatoms. The van der Waals surface area contributed by atoms with Crippen LogP contribution < -0.4 is 10.6 Å². The van der Waals surface area contributed by atoms with Gasteiger partial charge in [-0.1, -0.05) is 24.3 Å². The Morgan fingerprint density at radius 1 is 1.41 bits per heavy atom. The highest BCUT2D eigenvalue weighted by molar-refractivity contribution is 7.80. The van der Waals surface area contributed by atoms with Crippen LogP contribution in [0.3, 0.4) is 0 Å². The maximum atomic E-state index is 10.3. The molecule has 1 aromatic rings. The number of hydrogen-bond donors (Lipinski definition) is 3. The summed E-state index contributed by atoms with van der Waals surface area (Å²) in [6.45, 7) is 0. The third-order valence-corrected chi connectivity index (χ3v) is 2.30. The van der Waals surface area contributed by atoms with Crippen molar-refractivity contribution in [2.24, 2.45) is 0 Å². The number of anilines is 1. The van der Waals surface area contributed by atoms with Crippen LogP contribution in [0, 0.1) is 0 Å². The van der Waals surface area contributed by atoms with Crippen molar-refractivity contribution in [1.29, 1.82) is 0 Å². The lowest BCUT2D eigenvalue weighted by molar-refractivity contribution is -0.135. The zero-order chi connectivity index (χ0) is 12.7. The number of hydrogen-bond acceptors (Lipinski definition) is 2. The lowest BCUT2D eigenvalue weighted by Gasteiger charge is -2.06. The van der Waals surface area contributed by atoms with Gasteiger partial charge in [0.25, 0.3) is 0 Å². The zero-order valence-corrected chi connectivity index (χ0v) is 10.3. The molecule has 0 fully saturated rings. The molecule has 0 aliphatic carbocycles. The summed E-state index contributed by atoms with van der Waals surface area (Å²) in [6, 6.07) is 7.53. The van der Waals surface area contributed by atoms with Gasteiger partial charge in [0, 0.05) is 12.7 Å². The van der Waals surface area contributed by atoms with Gasteiger partial charge in [-0.3, -0.25) is 4.79 Å². The molecule has 4 nitrogen and oxygen atoms in total. The van der Waals surface area contributed by atoms with Gasteiger partial charge in [0.15, 0.2) is 5.11 Å². The summed E-state index contributed by atoms with van der Waals surface area (Å²) in [5.74, 6) is -0.834. The van der Waals surface area contributed by atoms with E-state index in [1.807, 2.05) is 24.3 Å². The zero-order valence-electron chi connectivity index (χ0n) is 9.43. The summed E-state index contributed by atoms with van der Waals surface area (Å²) in [7, 11) is 1.75. The fourth-order valence-electron chi connectivity index (χ4n) is 1.17. The van der Waals surface area contributed by atoms with Crippen molar-refractivity contribution >= 4 is 35.1 Å². The summed E-state index contributed by atoms with van der Waals surface area (Å²) >= 11 is 4.97. The Labute approximate surface area is 105 Å². The van der Waals surface area contributed by atoms with Crippen LogP contribution in [-0.4, -0.2) is 23.2 Å². The van der Waals surface area contributed by atoms with Crippen LogP contribution in [0.5, 0.6) is 0 Å². The van der Waals surface area contributed by atoms with E-state index in [4.69, 9.17) is 17.3 Å². The minimum atomic E-state index is -0.834. The number of benzene rings is 1. The number of carboxylic acids is 1. The van der Waals surface area contributed by atoms with Gasteiger partial charge in [0.1, 0.15) is 0 Å². The molecule has 0 atom stereocenters. The molecule has 0 radical (unpaired) electrons. The molecule has 0 amide bonds. The maximum Gasteiger partial charge on any atom is 0.307 e. The van der Waals surface area contributed by atoms with Crippen molar-refractivity contribution in [3.8, 4) is 0 Å². The fourth-order valence-corrected chi connectivity index (χ4v) is 1.28. The van der Waals surface area contributed by atoms with Crippen LogP contribution in [0.15, 0.2) is 30.3 Å². The van der Waals surface area contributed by atoms with Crippen molar-refractivity contribution in [3.05, 3.63) is 35.9 Å². The van der Waals surface area contributed by atoms with E-state index in [2.05, 4.69) is 10.6 Å². The van der Waals surface area contributed by atoms with Crippen LogP contribution >= 0.6 is 12.2 Å². The highest BCUT2D eigenvalue weighted by Crippen LogP contribution is 2.10. The normalized spacial score (nSPS) is 10.2. The number of rotatable bonds is 4. The van der Waals surface area contributed by atoms with Crippen molar-refractivity contribution in [3.63, 3.8) is 0 Å².